The Morgan fingerprint density at radius 3 is 2.57 bits per heavy atom. The molecule has 0 aliphatic carbocycles. The van der Waals surface area contributed by atoms with E-state index in [0.29, 0.717) is 6.42 Å². The normalized spacial score (nSPS) is 12.8. The molecule has 0 bridgehead atoms. The molecule has 0 spiro atoms. The maximum absolute atomic E-state index is 12.5. The van der Waals surface area contributed by atoms with Gasteiger partial charge in [-0.25, -0.2) is 13.2 Å². The fourth-order valence-electron chi connectivity index (χ4n) is 1.57. The molecule has 0 aromatic carbocycles. The highest BCUT2D eigenvalue weighted by Gasteiger charge is 2.39. The first kappa shape index (κ1) is 17.4. The molecular formula is C10H14F3N3O4S. The highest BCUT2D eigenvalue weighted by molar-refractivity contribution is 7.89. The highest BCUT2D eigenvalue weighted by Crippen LogP contribution is 2.24. The number of carboxylic acids is 1. The van der Waals surface area contributed by atoms with Crippen LogP contribution in [0.1, 0.15) is 30.1 Å². The molecule has 7 nitrogen and oxygen atoms in total. The minimum atomic E-state index is -4.73. The van der Waals surface area contributed by atoms with Crippen molar-refractivity contribution in [3.8, 4) is 0 Å². The van der Waals surface area contributed by atoms with Gasteiger partial charge in [-0.2, -0.15) is 22.6 Å². The number of aromatic nitrogens is 2. The highest BCUT2D eigenvalue weighted by atomic mass is 32.2. The summed E-state index contributed by atoms with van der Waals surface area (Å²) in [7, 11) is -4.62. The third-order valence-corrected chi connectivity index (χ3v) is 4.37. The van der Waals surface area contributed by atoms with E-state index in [4.69, 9.17) is 5.11 Å². The average molecular weight is 329 g/mol. The van der Waals surface area contributed by atoms with Gasteiger partial charge in [0.05, 0.1) is 6.20 Å². The summed E-state index contributed by atoms with van der Waals surface area (Å²) in [4.78, 5) is 10.9. The van der Waals surface area contributed by atoms with Gasteiger partial charge < -0.3 is 5.11 Å². The molecule has 11 heteroatoms. The maximum Gasteiger partial charge on any atom is 0.402 e. The number of alkyl halides is 3. The molecule has 120 valence electrons. The molecule has 0 atom stereocenters. The van der Waals surface area contributed by atoms with Crippen molar-refractivity contribution in [2.24, 2.45) is 0 Å². The molecule has 0 saturated carbocycles. The van der Waals surface area contributed by atoms with Crippen LogP contribution in [0.5, 0.6) is 0 Å². The quantitative estimate of drug-likeness (QED) is 0.788. The second kappa shape index (κ2) is 6.43. The van der Waals surface area contributed by atoms with Crippen LogP contribution in [-0.4, -0.2) is 53.3 Å². The van der Waals surface area contributed by atoms with Gasteiger partial charge in [-0.05, 0) is 6.42 Å². The topological polar surface area (TPSA) is 103 Å². The van der Waals surface area contributed by atoms with Crippen molar-refractivity contribution < 1.29 is 31.5 Å². The predicted octanol–water partition coefficient (Wildman–Crippen LogP) is 1.46. The first-order valence-corrected chi connectivity index (χ1v) is 7.37. The number of carboxylic acid groups (broad SMARTS) is 1. The Labute approximate surface area is 118 Å². The summed E-state index contributed by atoms with van der Waals surface area (Å²) in [5, 5.41) is 13.2. The van der Waals surface area contributed by atoms with Crippen LogP contribution in [0.25, 0.3) is 0 Å². The standard InChI is InChI=1S/C10H14F3N3O4S/c1-2-3-4-16(6-10(11,12)13)21(19,20)8-7(9(17)18)5-14-15-8/h5H,2-4,6H2,1H3,(H,14,15)(H,17,18). The Morgan fingerprint density at radius 1 is 1.48 bits per heavy atom. The lowest BCUT2D eigenvalue weighted by molar-refractivity contribution is -0.136. The van der Waals surface area contributed by atoms with Crippen LogP contribution in [0.2, 0.25) is 0 Å². The van der Waals surface area contributed by atoms with Crippen LogP contribution in [0, 0.1) is 0 Å². The second-order valence-corrected chi connectivity index (χ2v) is 6.10. The number of nitrogens with one attached hydrogen (secondary N) is 1. The minimum Gasteiger partial charge on any atom is -0.478 e. The number of hydrogen-bond donors (Lipinski definition) is 2. The minimum absolute atomic E-state index is 0.205. The third-order valence-electron chi connectivity index (χ3n) is 2.55. The molecule has 21 heavy (non-hydrogen) atoms. The Morgan fingerprint density at radius 2 is 2.10 bits per heavy atom. The van der Waals surface area contributed by atoms with E-state index in [1.165, 1.54) is 0 Å². The number of nitrogens with zero attached hydrogens (tertiary/aromatic N) is 2. The lowest BCUT2D eigenvalue weighted by atomic mass is 10.3. The van der Waals surface area contributed by atoms with Gasteiger partial charge in [-0.3, -0.25) is 5.10 Å². The van der Waals surface area contributed by atoms with Crippen molar-refractivity contribution >= 4 is 16.0 Å². The second-order valence-electron chi connectivity index (χ2n) is 4.23. The number of hydrogen-bond acceptors (Lipinski definition) is 4. The summed E-state index contributed by atoms with van der Waals surface area (Å²) >= 11 is 0. The number of H-pyrrole nitrogens is 1. The number of halogens is 3. The molecule has 2 N–H and O–H groups in total. The van der Waals surface area contributed by atoms with E-state index >= 15 is 0 Å². The molecule has 1 aromatic rings. The van der Waals surface area contributed by atoms with Gasteiger partial charge in [0.2, 0.25) is 0 Å². The van der Waals surface area contributed by atoms with Gasteiger partial charge >= 0.3 is 12.1 Å². The number of aromatic amines is 1. The maximum atomic E-state index is 12.5. The molecule has 1 heterocycles. The van der Waals surface area contributed by atoms with Crippen molar-refractivity contribution in [2.45, 2.75) is 31.0 Å². The van der Waals surface area contributed by atoms with E-state index in [0.717, 1.165) is 6.20 Å². The first-order valence-electron chi connectivity index (χ1n) is 5.93. The van der Waals surface area contributed by atoms with Crippen LogP contribution >= 0.6 is 0 Å². The molecule has 0 fully saturated rings. The largest absolute Gasteiger partial charge is 0.478 e. The van der Waals surface area contributed by atoms with E-state index in [1.54, 1.807) is 6.92 Å². The fraction of sp³-hybridized carbons (Fsp3) is 0.600. The number of carbonyl (C=O) groups is 1. The van der Waals surface area contributed by atoms with Gasteiger partial charge in [-0.1, -0.05) is 13.3 Å². The van der Waals surface area contributed by atoms with Crippen molar-refractivity contribution in [1.82, 2.24) is 14.5 Å². The van der Waals surface area contributed by atoms with Gasteiger partial charge in [-0.15, -0.1) is 0 Å². The van der Waals surface area contributed by atoms with Gasteiger partial charge in [0.25, 0.3) is 10.0 Å². The Kier molecular flexibility index (Phi) is 5.34. The summed E-state index contributed by atoms with van der Waals surface area (Å²) in [6, 6.07) is 0. The first-order chi connectivity index (χ1) is 9.59. The van der Waals surface area contributed by atoms with E-state index in [-0.39, 0.29) is 17.3 Å². The Balaban J connectivity index is 3.20. The average Bonchev–Trinajstić information content (AvgIpc) is 2.82. The molecule has 0 radical (unpaired) electrons. The molecule has 1 rings (SSSR count). The fourth-order valence-corrected chi connectivity index (χ4v) is 3.10. The van der Waals surface area contributed by atoms with Crippen LogP contribution in [0.4, 0.5) is 13.2 Å². The van der Waals surface area contributed by atoms with Crippen molar-refractivity contribution in [1.29, 1.82) is 0 Å². The third kappa shape index (κ3) is 4.43. The zero-order chi connectivity index (χ0) is 16.3. The lowest BCUT2D eigenvalue weighted by Crippen LogP contribution is -2.40. The van der Waals surface area contributed by atoms with Crippen LogP contribution in [0.15, 0.2) is 11.2 Å². The van der Waals surface area contributed by atoms with E-state index in [9.17, 15) is 26.4 Å². The van der Waals surface area contributed by atoms with Crippen molar-refractivity contribution in [3.05, 3.63) is 11.8 Å². The number of aromatic carboxylic acids is 1. The van der Waals surface area contributed by atoms with Gasteiger partial charge in [0, 0.05) is 6.54 Å². The van der Waals surface area contributed by atoms with Gasteiger partial charge in [0.15, 0.2) is 5.03 Å². The summed E-state index contributed by atoms with van der Waals surface area (Å²) in [5.74, 6) is -1.59. The number of sulfonamides is 1. The summed E-state index contributed by atoms with van der Waals surface area (Å²) in [6.07, 6.45) is -3.30. The van der Waals surface area contributed by atoms with Crippen LogP contribution in [0.3, 0.4) is 0 Å². The zero-order valence-corrected chi connectivity index (χ0v) is 11.8. The molecule has 0 aliphatic rings. The zero-order valence-electron chi connectivity index (χ0n) is 11.0. The number of rotatable bonds is 7. The summed E-state index contributed by atoms with van der Waals surface area (Å²) in [6.45, 7) is -0.360. The van der Waals surface area contributed by atoms with Gasteiger partial charge in [0.1, 0.15) is 12.1 Å². The molecule has 0 amide bonds. The Bertz CT molecular complexity index is 597. The van der Waals surface area contributed by atoms with Crippen molar-refractivity contribution in [3.63, 3.8) is 0 Å². The number of unbranched alkanes of at least 4 members (excludes halogenated alkanes) is 1. The molecule has 0 aliphatic heterocycles. The smallest absolute Gasteiger partial charge is 0.402 e. The Hall–Kier alpha value is -1.62. The van der Waals surface area contributed by atoms with E-state index in [1.807, 2.05) is 5.10 Å². The molecule has 1 aromatic heterocycles. The summed E-state index contributed by atoms with van der Waals surface area (Å²) < 4.78 is 62.1. The molecular weight excluding hydrogens is 315 g/mol. The lowest BCUT2D eigenvalue weighted by Gasteiger charge is -2.22. The van der Waals surface area contributed by atoms with E-state index < -0.39 is 39.3 Å². The SMILES string of the molecule is CCCCN(CC(F)(F)F)S(=O)(=O)c1[nH]ncc1C(=O)O. The molecule has 0 saturated heterocycles. The molecule has 0 unspecified atom stereocenters. The monoisotopic (exact) mass is 329 g/mol. The predicted molar refractivity (Wildman–Crippen MR) is 65.3 cm³/mol. The van der Waals surface area contributed by atoms with Crippen LogP contribution < -0.4 is 0 Å². The van der Waals surface area contributed by atoms with Crippen molar-refractivity contribution in [2.75, 3.05) is 13.1 Å². The van der Waals surface area contributed by atoms with Crippen LogP contribution in [-0.2, 0) is 10.0 Å². The summed E-state index contributed by atoms with van der Waals surface area (Å²) in [5.41, 5.74) is -0.696. The van der Waals surface area contributed by atoms with E-state index in [2.05, 4.69) is 5.10 Å².